The van der Waals surface area contributed by atoms with E-state index in [1.165, 1.54) is 5.56 Å². The zero-order valence-corrected chi connectivity index (χ0v) is 12.1. The van der Waals surface area contributed by atoms with Crippen LogP contribution in [0.4, 0.5) is 0 Å². The Hall–Kier alpha value is -1.26. The Bertz CT molecular complexity index is 430. The number of nitrogens with zero attached hydrogens (tertiary/aromatic N) is 1. The summed E-state index contributed by atoms with van der Waals surface area (Å²) in [7, 11) is 5.45. The number of rotatable bonds is 7. The number of nitrogens with two attached hydrogens (primary N) is 1. The van der Waals surface area contributed by atoms with Crippen molar-refractivity contribution in [3.8, 4) is 11.5 Å². The summed E-state index contributed by atoms with van der Waals surface area (Å²) in [5.41, 5.74) is 7.47. The molecular formula is C15H24N2O2. The zero-order valence-electron chi connectivity index (χ0n) is 12.1. The molecule has 0 unspecified atom stereocenters. The van der Waals surface area contributed by atoms with E-state index in [0.717, 1.165) is 43.9 Å². The highest BCUT2D eigenvalue weighted by Gasteiger charge is 2.38. The molecule has 4 heteroatoms. The quantitative estimate of drug-likeness (QED) is 0.814. The molecule has 4 nitrogen and oxygen atoms in total. The maximum Gasteiger partial charge on any atom is 0.160 e. The molecule has 19 heavy (non-hydrogen) atoms. The van der Waals surface area contributed by atoms with Crippen LogP contribution in [-0.2, 0) is 6.42 Å². The Balaban J connectivity index is 1.88. The minimum absolute atomic E-state index is 0.0896. The lowest BCUT2D eigenvalue weighted by atomic mass is 10.1. The first-order chi connectivity index (χ1) is 9.06. The van der Waals surface area contributed by atoms with Crippen molar-refractivity contribution in [2.24, 2.45) is 5.73 Å². The van der Waals surface area contributed by atoms with Gasteiger partial charge < -0.3 is 20.1 Å². The predicted molar refractivity (Wildman–Crippen MR) is 76.9 cm³/mol. The van der Waals surface area contributed by atoms with Gasteiger partial charge in [-0.05, 0) is 44.0 Å². The van der Waals surface area contributed by atoms with E-state index in [1.807, 2.05) is 12.1 Å². The molecule has 0 radical (unpaired) electrons. The van der Waals surface area contributed by atoms with Crippen LogP contribution in [0.2, 0.25) is 0 Å². The fourth-order valence-corrected chi connectivity index (χ4v) is 2.29. The Morgan fingerprint density at radius 3 is 2.47 bits per heavy atom. The summed E-state index contributed by atoms with van der Waals surface area (Å²) in [4.78, 5) is 2.31. The summed E-state index contributed by atoms with van der Waals surface area (Å²) in [6.45, 7) is 1.99. The van der Waals surface area contributed by atoms with Crippen molar-refractivity contribution < 1.29 is 9.47 Å². The van der Waals surface area contributed by atoms with Crippen LogP contribution in [0, 0.1) is 0 Å². The molecule has 0 amide bonds. The maximum absolute atomic E-state index is 6.12. The van der Waals surface area contributed by atoms with Crippen LogP contribution in [0.15, 0.2) is 18.2 Å². The van der Waals surface area contributed by atoms with E-state index in [1.54, 1.807) is 14.2 Å². The van der Waals surface area contributed by atoms with Gasteiger partial charge in [-0.3, -0.25) is 0 Å². The normalized spacial score (nSPS) is 16.5. The first kappa shape index (κ1) is 14.2. The topological polar surface area (TPSA) is 47.7 Å². The lowest BCUT2D eigenvalue weighted by molar-refractivity contribution is 0.306. The van der Waals surface area contributed by atoms with Gasteiger partial charge in [0, 0.05) is 18.6 Å². The lowest BCUT2D eigenvalue weighted by Gasteiger charge is -2.20. The molecule has 1 aromatic rings. The van der Waals surface area contributed by atoms with Crippen molar-refractivity contribution in [2.75, 3.05) is 34.4 Å². The van der Waals surface area contributed by atoms with Crippen LogP contribution in [0.3, 0.4) is 0 Å². The SMILES string of the molecule is COc1ccc(CCN(C)CC2(N)CC2)cc1OC. The van der Waals surface area contributed by atoms with Crippen molar-refractivity contribution in [1.82, 2.24) is 4.90 Å². The van der Waals surface area contributed by atoms with Crippen LogP contribution in [-0.4, -0.2) is 44.8 Å². The fraction of sp³-hybridized carbons (Fsp3) is 0.600. The Morgan fingerprint density at radius 2 is 1.89 bits per heavy atom. The smallest absolute Gasteiger partial charge is 0.160 e. The summed E-state index contributed by atoms with van der Waals surface area (Å²) in [5, 5.41) is 0. The van der Waals surface area contributed by atoms with Gasteiger partial charge in [-0.15, -0.1) is 0 Å². The largest absolute Gasteiger partial charge is 0.493 e. The number of methoxy groups -OCH3 is 2. The minimum atomic E-state index is 0.0896. The van der Waals surface area contributed by atoms with Crippen molar-refractivity contribution in [3.63, 3.8) is 0 Å². The lowest BCUT2D eigenvalue weighted by Crippen LogP contribution is -2.38. The van der Waals surface area contributed by atoms with Crippen LogP contribution in [0.1, 0.15) is 18.4 Å². The molecule has 2 rings (SSSR count). The van der Waals surface area contributed by atoms with Crippen LogP contribution in [0.5, 0.6) is 11.5 Å². The highest BCUT2D eigenvalue weighted by atomic mass is 16.5. The Morgan fingerprint density at radius 1 is 1.21 bits per heavy atom. The molecule has 0 aliphatic heterocycles. The molecular weight excluding hydrogens is 240 g/mol. The molecule has 0 saturated heterocycles. The second kappa shape index (κ2) is 5.80. The van der Waals surface area contributed by atoms with E-state index >= 15 is 0 Å². The van der Waals surface area contributed by atoms with Gasteiger partial charge in [-0.1, -0.05) is 6.07 Å². The Labute approximate surface area is 115 Å². The summed E-state index contributed by atoms with van der Waals surface area (Å²) in [6, 6.07) is 6.09. The monoisotopic (exact) mass is 264 g/mol. The van der Waals surface area contributed by atoms with E-state index in [9.17, 15) is 0 Å². The van der Waals surface area contributed by atoms with E-state index in [2.05, 4.69) is 18.0 Å². The molecule has 1 aromatic carbocycles. The first-order valence-corrected chi connectivity index (χ1v) is 6.75. The van der Waals surface area contributed by atoms with Crippen molar-refractivity contribution in [2.45, 2.75) is 24.8 Å². The number of hydrogen-bond donors (Lipinski definition) is 1. The van der Waals surface area contributed by atoms with Gasteiger partial charge >= 0.3 is 0 Å². The molecule has 0 atom stereocenters. The van der Waals surface area contributed by atoms with Gasteiger partial charge in [0.25, 0.3) is 0 Å². The van der Waals surface area contributed by atoms with Gasteiger partial charge in [-0.25, -0.2) is 0 Å². The van der Waals surface area contributed by atoms with Crippen molar-refractivity contribution in [1.29, 1.82) is 0 Å². The summed E-state index contributed by atoms with van der Waals surface area (Å²) >= 11 is 0. The summed E-state index contributed by atoms with van der Waals surface area (Å²) < 4.78 is 10.6. The summed E-state index contributed by atoms with van der Waals surface area (Å²) in [6.07, 6.45) is 3.31. The van der Waals surface area contributed by atoms with Crippen LogP contribution >= 0.6 is 0 Å². The third kappa shape index (κ3) is 3.85. The molecule has 1 saturated carbocycles. The third-order valence-corrected chi connectivity index (χ3v) is 3.71. The molecule has 106 valence electrons. The summed E-state index contributed by atoms with van der Waals surface area (Å²) in [5.74, 6) is 1.57. The molecule has 1 aliphatic carbocycles. The standard InChI is InChI=1S/C15H24N2O2/c1-17(11-15(16)7-8-15)9-6-12-4-5-13(18-2)14(10-12)19-3/h4-5,10H,6-9,11,16H2,1-3H3. The molecule has 0 aromatic heterocycles. The number of benzene rings is 1. The molecule has 1 aliphatic rings. The Kier molecular flexibility index (Phi) is 4.32. The molecule has 0 spiro atoms. The number of likely N-dealkylation sites (N-methyl/N-ethyl adjacent to an activating group) is 1. The van der Waals surface area contributed by atoms with Gasteiger partial charge in [0.1, 0.15) is 0 Å². The van der Waals surface area contributed by atoms with Gasteiger partial charge in [-0.2, -0.15) is 0 Å². The second-order valence-corrected chi connectivity index (χ2v) is 5.54. The van der Waals surface area contributed by atoms with Crippen molar-refractivity contribution >= 4 is 0 Å². The third-order valence-electron chi connectivity index (χ3n) is 3.71. The van der Waals surface area contributed by atoms with E-state index in [4.69, 9.17) is 15.2 Å². The van der Waals surface area contributed by atoms with Gasteiger partial charge in [0.15, 0.2) is 11.5 Å². The fourth-order valence-electron chi connectivity index (χ4n) is 2.29. The maximum atomic E-state index is 6.12. The van der Waals surface area contributed by atoms with E-state index in [0.29, 0.717) is 0 Å². The first-order valence-electron chi connectivity index (χ1n) is 6.75. The van der Waals surface area contributed by atoms with E-state index < -0.39 is 0 Å². The predicted octanol–water partition coefficient (Wildman–Crippen LogP) is 1.67. The second-order valence-electron chi connectivity index (χ2n) is 5.54. The van der Waals surface area contributed by atoms with Crippen LogP contribution in [0.25, 0.3) is 0 Å². The highest BCUT2D eigenvalue weighted by Crippen LogP contribution is 2.32. The van der Waals surface area contributed by atoms with Crippen molar-refractivity contribution in [3.05, 3.63) is 23.8 Å². The number of ether oxygens (including phenoxy) is 2. The van der Waals surface area contributed by atoms with Gasteiger partial charge in [0.2, 0.25) is 0 Å². The molecule has 1 fully saturated rings. The molecule has 0 bridgehead atoms. The average Bonchev–Trinajstić information content (AvgIpc) is 3.13. The average molecular weight is 264 g/mol. The minimum Gasteiger partial charge on any atom is -0.493 e. The molecule has 2 N–H and O–H groups in total. The highest BCUT2D eigenvalue weighted by molar-refractivity contribution is 5.42. The van der Waals surface area contributed by atoms with Crippen LogP contribution < -0.4 is 15.2 Å². The van der Waals surface area contributed by atoms with E-state index in [-0.39, 0.29) is 5.54 Å². The van der Waals surface area contributed by atoms with Gasteiger partial charge in [0.05, 0.1) is 14.2 Å². The molecule has 0 heterocycles. The zero-order chi connectivity index (χ0) is 13.9. The number of hydrogen-bond acceptors (Lipinski definition) is 4.